The van der Waals surface area contributed by atoms with E-state index in [4.69, 9.17) is 4.74 Å². The van der Waals surface area contributed by atoms with Gasteiger partial charge in [0.05, 0.1) is 6.61 Å². The average molecular weight is 291 g/mol. The smallest absolute Gasteiger partial charge is 0.325 e. The molecule has 116 valence electrons. The van der Waals surface area contributed by atoms with E-state index < -0.39 is 0 Å². The number of hydrogen-bond acceptors (Lipinski definition) is 3. The molecule has 1 unspecified atom stereocenters. The van der Waals surface area contributed by atoms with Gasteiger partial charge >= 0.3 is 5.97 Å². The number of ether oxygens (including phenoxy) is 1. The van der Waals surface area contributed by atoms with Gasteiger partial charge in [-0.05, 0) is 18.4 Å². The minimum absolute atomic E-state index is 0.00116. The molecular weight excluding hydrogens is 266 g/mol. The lowest BCUT2D eigenvalue weighted by Gasteiger charge is -2.23. The van der Waals surface area contributed by atoms with Gasteiger partial charge in [0, 0.05) is 13.0 Å². The van der Waals surface area contributed by atoms with Crippen LogP contribution in [0.4, 0.5) is 0 Å². The Labute approximate surface area is 127 Å². The van der Waals surface area contributed by atoms with Crippen molar-refractivity contribution in [3.8, 4) is 0 Å². The molecule has 0 fully saturated rings. The predicted molar refractivity (Wildman–Crippen MR) is 82.6 cm³/mol. The van der Waals surface area contributed by atoms with Crippen LogP contribution in [0.2, 0.25) is 0 Å². The zero-order chi connectivity index (χ0) is 15.7. The van der Waals surface area contributed by atoms with E-state index in [1.54, 1.807) is 11.8 Å². The molecule has 0 aromatic heterocycles. The van der Waals surface area contributed by atoms with Crippen LogP contribution < -0.4 is 0 Å². The van der Waals surface area contributed by atoms with E-state index in [9.17, 15) is 9.59 Å². The second-order valence-corrected chi connectivity index (χ2v) is 5.26. The number of rotatable bonds is 8. The molecule has 0 radical (unpaired) electrons. The van der Waals surface area contributed by atoms with Crippen LogP contribution in [0.1, 0.15) is 39.2 Å². The first kappa shape index (κ1) is 17.2. The third kappa shape index (κ3) is 6.43. The van der Waals surface area contributed by atoms with Gasteiger partial charge in [-0.25, -0.2) is 0 Å². The Morgan fingerprint density at radius 2 is 1.86 bits per heavy atom. The van der Waals surface area contributed by atoms with Gasteiger partial charge in [-0.15, -0.1) is 0 Å². The maximum Gasteiger partial charge on any atom is 0.325 e. The first-order valence-electron chi connectivity index (χ1n) is 7.54. The van der Waals surface area contributed by atoms with Gasteiger partial charge in [0.15, 0.2) is 0 Å². The summed E-state index contributed by atoms with van der Waals surface area (Å²) in [5.41, 5.74) is 1.01. The first-order valence-corrected chi connectivity index (χ1v) is 7.54. The highest BCUT2D eigenvalue weighted by atomic mass is 16.5. The third-order valence-corrected chi connectivity index (χ3v) is 3.41. The monoisotopic (exact) mass is 291 g/mol. The lowest BCUT2D eigenvalue weighted by atomic mass is 10.0. The number of nitrogens with zero attached hydrogens (tertiary/aromatic N) is 1. The number of amides is 1. The van der Waals surface area contributed by atoms with Crippen LogP contribution in [0.3, 0.4) is 0 Å². The zero-order valence-corrected chi connectivity index (χ0v) is 13.2. The Bertz CT molecular complexity index is 445. The predicted octanol–water partition coefficient (Wildman–Crippen LogP) is 3.01. The quantitative estimate of drug-likeness (QED) is 0.692. The van der Waals surface area contributed by atoms with Crippen LogP contribution in [-0.2, 0) is 20.9 Å². The molecule has 0 aliphatic heterocycles. The lowest BCUT2D eigenvalue weighted by molar-refractivity contribution is -0.149. The molecule has 0 saturated heterocycles. The van der Waals surface area contributed by atoms with Crippen molar-refractivity contribution in [1.82, 2.24) is 4.90 Å². The van der Waals surface area contributed by atoms with Crippen molar-refractivity contribution in [2.75, 3.05) is 13.2 Å². The average Bonchev–Trinajstić information content (AvgIpc) is 2.47. The molecule has 1 atom stereocenters. The van der Waals surface area contributed by atoms with Gasteiger partial charge in [0.25, 0.3) is 0 Å². The minimum atomic E-state index is -0.356. The Hall–Kier alpha value is -1.84. The molecule has 4 heteroatoms. The first-order chi connectivity index (χ1) is 10.1. The van der Waals surface area contributed by atoms with Gasteiger partial charge in [0.2, 0.25) is 5.91 Å². The van der Waals surface area contributed by atoms with Gasteiger partial charge in [-0.3, -0.25) is 9.59 Å². The van der Waals surface area contributed by atoms with E-state index in [1.807, 2.05) is 37.3 Å². The van der Waals surface area contributed by atoms with Crippen LogP contribution in [0.15, 0.2) is 30.3 Å². The van der Waals surface area contributed by atoms with Crippen LogP contribution >= 0.6 is 0 Å². The van der Waals surface area contributed by atoms with E-state index >= 15 is 0 Å². The second kappa shape index (κ2) is 9.16. The summed E-state index contributed by atoms with van der Waals surface area (Å²) >= 11 is 0. The van der Waals surface area contributed by atoms with Crippen molar-refractivity contribution in [2.45, 2.75) is 40.2 Å². The second-order valence-electron chi connectivity index (χ2n) is 5.26. The summed E-state index contributed by atoms with van der Waals surface area (Å²) in [4.78, 5) is 25.6. The molecule has 0 heterocycles. The van der Waals surface area contributed by atoms with Crippen molar-refractivity contribution in [2.24, 2.45) is 5.92 Å². The van der Waals surface area contributed by atoms with Gasteiger partial charge in [-0.2, -0.15) is 0 Å². The van der Waals surface area contributed by atoms with E-state index in [2.05, 4.69) is 6.92 Å². The SMILES string of the molecule is CCOC(=O)CN(Cc1ccccc1)C(=O)CC(C)CC. The summed E-state index contributed by atoms with van der Waals surface area (Å²) in [7, 11) is 0. The molecule has 0 aliphatic rings. The Kier molecular flexibility index (Phi) is 7.51. The number of carbonyl (C=O) groups excluding carboxylic acids is 2. The Morgan fingerprint density at radius 1 is 1.19 bits per heavy atom. The van der Waals surface area contributed by atoms with Crippen LogP contribution in [-0.4, -0.2) is 29.9 Å². The zero-order valence-electron chi connectivity index (χ0n) is 13.2. The molecule has 0 N–H and O–H groups in total. The number of esters is 1. The minimum Gasteiger partial charge on any atom is -0.465 e. The van der Waals surface area contributed by atoms with Crippen LogP contribution in [0, 0.1) is 5.92 Å². The standard InChI is InChI=1S/C17H25NO3/c1-4-14(3)11-16(19)18(13-17(20)21-5-2)12-15-9-7-6-8-10-15/h6-10,14H,4-5,11-13H2,1-3H3. The van der Waals surface area contributed by atoms with E-state index in [-0.39, 0.29) is 18.4 Å². The van der Waals surface area contributed by atoms with E-state index in [0.717, 1.165) is 12.0 Å². The van der Waals surface area contributed by atoms with Gasteiger partial charge in [0.1, 0.15) is 6.54 Å². The molecule has 4 nitrogen and oxygen atoms in total. The summed E-state index contributed by atoms with van der Waals surface area (Å²) in [6, 6.07) is 9.69. The summed E-state index contributed by atoms with van der Waals surface area (Å²) in [5.74, 6) is -0.0369. The number of hydrogen-bond donors (Lipinski definition) is 0. The molecule has 21 heavy (non-hydrogen) atoms. The third-order valence-electron chi connectivity index (χ3n) is 3.41. The largest absolute Gasteiger partial charge is 0.465 e. The van der Waals surface area contributed by atoms with Gasteiger partial charge < -0.3 is 9.64 Å². The fourth-order valence-corrected chi connectivity index (χ4v) is 1.97. The summed E-state index contributed by atoms with van der Waals surface area (Å²) < 4.78 is 4.96. The fraction of sp³-hybridized carbons (Fsp3) is 0.529. The van der Waals surface area contributed by atoms with Crippen molar-refractivity contribution < 1.29 is 14.3 Å². The number of benzene rings is 1. The van der Waals surface area contributed by atoms with Crippen LogP contribution in [0.5, 0.6) is 0 Å². The highest BCUT2D eigenvalue weighted by Gasteiger charge is 2.19. The molecule has 1 rings (SSSR count). The molecular formula is C17H25NO3. The van der Waals surface area contributed by atoms with Crippen molar-refractivity contribution in [3.63, 3.8) is 0 Å². The van der Waals surface area contributed by atoms with Crippen molar-refractivity contribution in [1.29, 1.82) is 0 Å². The maximum absolute atomic E-state index is 12.4. The molecule has 1 aromatic carbocycles. The molecule has 0 saturated carbocycles. The lowest BCUT2D eigenvalue weighted by Crippen LogP contribution is -2.36. The van der Waals surface area contributed by atoms with E-state index in [0.29, 0.717) is 25.5 Å². The molecule has 1 aromatic rings. The summed E-state index contributed by atoms with van der Waals surface area (Å²) in [5, 5.41) is 0. The highest BCUT2D eigenvalue weighted by Crippen LogP contribution is 2.12. The Morgan fingerprint density at radius 3 is 2.43 bits per heavy atom. The molecule has 1 amide bonds. The van der Waals surface area contributed by atoms with E-state index in [1.165, 1.54) is 0 Å². The van der Waals surface area contributed by atoms with Crippen molar-refractivity contribution >= 4 is 11.9 Å². The van der Waals surface area contributed by atoms with Gasteiger partial charge in [-0.1, -0.05) is 50.6 Å². The van der Waals surface area contributed by atoms with Crippen molar-refractivity contribution in [3.05, 3.63) is 35.9 Å². The molecule has 0 spiro atoms. The normalized spacial score (nSPS) is 11.8. The number of carbonyl (C=O) groups is 2. The molecule has 0 bridgehead atoms. The topological polar surface area (TPSA) is 46.6 Å². The summed E-state index contributed by atoms with van der Waals surface area (Å²) in [6.45, 7) is 6.65. The molecule has 0 aliphatic carbocycles. The Balaban J connectivity index is 2.73. The maximum atomic E-state index is 12.4. The highest BCUT2D eigenvalue weighted by molar-refractivity contribution is 5.82. The summed E-state index contributed by atoms with van der Waals surface area (Å²) in [6.07, 6.45) is 1.41. The fourth-order valence-electron chi connectivity index (χ4n) is 1.97. The van der Waals surface area contributed by atoms with Crippen LogP contribution in [0.25, 0.3) is 0 Å².